The molecule has 1 saturated carbocycles. The molecule has 1 aliphatic heterocycles. The third-order valence-corrected chi connectivity index (χ3v) is 6.38. The van der Waals surface area contributed by atoms with Crippen molar-refractivity contribution in [3.63, 3.8) is 0 Å². The van der Waals surface area contributed by atoms with Gasteiger partial charge >= 0.3 is 0 Å². The summed E-state index contributed by atoms with van der Waals surface area (Å²) >= 11 is 0. The molecule has 6 rings (SSSR count). The van der Waals surface area contributed by atoms with E-state index in [2.05, 4.69) is 25.5 Å². The summed E-state index contributed by atoms with van der Waals surface area (Å²) in [6.07, 6.45) is 2.72. The minimum absolute atomic E-state index is 0.172. The number of amides is 1. The van der Waals surface area contributed by atoms with Crippen LogP contribution in [0.1, 0.15) is 6.42 Å². The van der Waals surface area contributed by atoms with Gasteiger partial charge in [-0.25, -0.2) is 23.7 Å². The van der Waals surface area contributed by atoms with Crippen LogP contribution in [0.25, 0.3) is 33.3 Å². The molecule has 2 fully saturated rings. The molecule has 11 heteroatoms. The fraction of sp³-hybridized carbons (Fsp3) is 0.333. The van der Waals surface area contributed by atoms with E-state index >= 15 is 0 Å². The maximum absolute atomic E-state index is 13.3. The van der Waals surface area contributed by atoms with Gasteiger partial charge in [0, 0.05) is 55.4 Å². The van der Waals surface area contributed by atoms with Crippen molar-refractivity contribution in [2.45, 2.75) is 12.3 Å². The van der Waals surface area contributed by atoms with Gasteiger partial charge in [0.15, 0.2) is 5.58 Å². The van der Waals surface area contributed by atoms with Gasteiger partial charge in [-0.05, 0) is 24.3 Å². The number of morpholine rings is 1. The number of nitrogens with one attached hydrogen (secondary N) is 2. The molecule has 1 aliphatic carbocycles. The number of aromatic nitrogens is 3. The van der Waals surface area contributed by atoms with E-state index in [1.807, 2.05) is 18.2 Å². The van der Waals surface area contributed by atoms with Crippen LogP contribution < -0.4 is 15.5 Å². The first kappa shape index (κ1) is 21.7. The Labute approximate surface area is 198 Å². The summed E-state index contributed by atoms with van der Waals surface area (Å²) in [6, 6.07) is 7.49. The fourth-order valence-corrected chi connectivity index (χ4v) is 4.33. The number of hydrogen-bond donors (Lipinski definition) is 2. The normalized spacial score (nSPS) is 19.2. The molecular weight excluding hydrogens is 458 g/mol. The molecule has 180 valence electrons. The molecule has 3 aromatic heterocycles. The average molecular weight is 480 g/mol. The number of carbonyl (C=O) groups excluding carboxylic acids is 1. The highest BCUT2D eigenvalue weighted by Crippen LogP contribution is 2.49. The zero-order valence-corrected chi connectivity index (χ0v) is 18.8. The largest absolute Gasteiger partial charge is 0.436 e. The van der Waals surface area contributed by atoms with E-state index in [1.54, 1.807) is 19.3 Å². The molecule has 2 N–H and O–H groups in total. The summed E-state index contributed by atoms with van der Waals surface area (Å²) in [7, 11) is 1.74. The van der Waals surface area contributed by atoms with Crippen molar-refractivity contribution in [1.82, 2.24) is 15.0 Å². The number of benzene rings is 1. The van der Waals surface area contributed by atoms with Crippen LogP contribution in [-0.4, -0.2) is 60.1 Å². The Balaban J connectivity index is 1.38. The van der Waals surface area contributed by atoms with Crippen LogP contribution in [0.15, 0.2) is 41.1 Å². The van der Waals surface area contributed by atoms with Gasteiger partial charge in [0.05, 0.1) is 18.8 Å². The van der Waals surface area contributed by atoms with Crippen LogP contribution in [0.4, 0.5) is 26.1 Å². The quantitative estimate of drug-likeness (QED) is 0.443. The standard InChI is InChI=1S/C24H22F2N6O3/c1-27-21-15-11-28-20(31-22(33)17-10-24(17,25)26)9-14(15)16(12-29-21)23-30-18-8-13(2-3-19(18)35-23)32-4-6-34-7-5-32/h2-3,8-9,11-12,17H,4-7,10H2,1H3,(H,27,29)(H,28,31,33)/t17-/m1/s1. The Morgan fingerprint density at radius 1 is 1.14 bits per heavy atom. The number of ether oxygens (including phenoxy) is 1. The number of pyridine rings is 2. The molecule has 9 nitrogen and oxygen atoms in total. The molecule has 1 amide bonds. The Morgan fingerprint density at radius 3 is 2.69 bits per heavy atom. The van der Waals surface area contributed by atoms with Crippen molar-refractivity contribution >= 4 is 45.1 Å². The highest BCUT2D eigenvalue weighted by atomic mass is 19.3. The molecule has 1 aromatic carbocycles. The highest BCUT2D eigenvalue weighted by molar-refractivity contribution is 6.03. The molecule has 2 aliphatic rings. The van der Waals surface area contributed by atoms with Gasteiger partial charge in [-0.3, -0.25) is 4.79 Å². The Bertz CT molecular complexity index is 1450. The molecule has 0 unspecified atom stereocenters. The predicted octanol–water partition coefficient (Wildman–Crippen LogP) is 3.91. The second-order valence-corrected chi connectivity index (χ2v) is 8.66. The summed E-state index contributed by atoms with van der Waals surface area (Å²) < 4.78 is 38.1. The van der Waals surface area contributed by atoms with Crippen molar-refractivity contribution in [3.8, 4) is 11.5 Å². The maximum Gasteiger partial charge on any atom is 0.260 e. The first-order chi connectivity index (χ1) is 16.9. The van der Waals surface area contributed by atoms with Gasteiger partial charge in [-0.15, -0.1) is 0 Å². The molecule has 0 radical (unpaired) electrons. The average Bonchev–Trinajstić information content (AvgIpc) is 3.32. The van der Waals surface area contributed by atoms with Gasteiger partial charge in [0.2, 0.25) is 11.8 Å². The number of alkyl halides is 2. The molecule has 35 heavy (non-hydrogen) atoms. The predicted molar refractivity (Wildman–Crippen MR) is 127 cm³/mol. The van der Waals surface area contributed by atoms with Crippen molar-refractivity contribution in [2.75, 3.05) is 48.9 Å². The van der Waals surface area contributed by atoms with Crippen molar-refractivity contribution in [1.29, 1.82) is 0 Å². The van der Waals surface area contributed by atoms with Crippen LogP contribution in [-0.2, 0) is 9.53 Å². The second kappa shape index (κ2) is 8.12. The van der Waals surface area contributed by atoms with E-state index in [1.165, 1.54) is 6.20 Å². The number of carbonyl (C=O) groups is 1. The summed E-state index contributed by atoms with van der Waals surface area (Å²) in [5.41, 5.74) is 2.97. The van der Waals surface area contributed by atoms with Gasteiger partial charge in [0.1, 0.15) is 23.1 Å². The van der Waals surface area contributed by atoms with Gasteiger partial charge in [0.25, 0.3) is 5.92 Å². The van der Waals surface area contributed by atoms with E-state index < -0.39 is 24.2 Å². The van der Waals surface area contributed by atoms with Crippen molar-refractivity contribution < 1.29 is 22.7 Å². The number of halogens is 2. The number of nitrogens with zero attached hydrogens (tertiary/aromatic N) is 4. The summed E-state index contributed by atoms with van der Waals surface area (Å²) in [4.78, 5) is 27.8. The lowest BCUT2D eigenvalue weighted by Crippen LogP contribution is -2.36. The molecule has 0 bridgehead atoms. The minimum Gasteiger partial charge on any atom is -0.436 e. The van der Waals surface area contributed by atoms with Crippen LogP contribution >= 0.6 is 0 Å². The van der Waals surface area contributed by atoms with E-state index in [-0.39, 0.29) is 5.82 Å². The molecule has 1 saturated heterocycles. The topological polar surface area (TPSA) is 105 Å². The first-order valence-corrected chi connectivity index (χ1v) is 11.3. The third-order valence-electron chi connectivity index (χ3n) is 6.38. The van der Waals surface area contributed by atoms with Crippen molar-refractivity contribution in [2.24, 2.45) is 5.92 Å². The van der Waals surface area contributed by atoms with Crippen molar-refractivity contribution in [3.05, 3.63) is 36.7 Å². The zero-order chi connectivity index (χ0) is 24.2. The van der Waals surface area contributed by atoms with Gasteiger partial charge < -0.3 is 24.7 Å². The lowest BCUT2D eigenvalue weighted by molar-refractivity contribution is -0.119. The van der Waals surface area contributed by atoms with Gasteiger partial charge in [-0.2, -0.15) is 0 Å². The summed E-state index contributed by atoms with van der Waals surface area (Å²) in [5.74, 6) is -3.91. The molecule has 4 aromatic rings. The zero-order valence-electron chi connectivity index (χ0n) is 18.8. The van der Waals surface area contributed by atoms with E-state index in [0.717, 1.165) is 18.8 Å². The Kier molecular flexibility index (Phi) is 5.03. The van der Waals surface area contributed by atoms with Crippen LogP contribution in [0.2, 0.25) is 0 Å². The van der Waals surface area contributed by atoms with Crippen LogP contribution in [0, 0.1) is 5.92 Å². The summed E-state index contributed by atoms with van der Waals surface area (Å²) in [6.45, 7) is 2.99. The van der Waals surface area contributed by atoms with Crippen LogP contribution in [0.3, 0.4) is 0 Å². The monoisotopic (exact) mass is 480 g/mol. The Morgan fingerprint density at radius 2 is 1.94 bits per heavy atom. The first-order valence-electron chi connectivity index (χ1n) is 11.3. The summed E-state index contributed by atoms with van der Waals surface area (Å²) in [5, 5.41) is 6.86. The number of oxazole rings is 1. The van der Waals surface area contributed by atoms with Gasteiger partial charge in [-0.1, -0.05) is 0 Å². The van der Waals surface area contributed by atoms with E-state index in [9.17, 15) is 13.6 Å². The third kappa shape index (κ3) is 3.91. The smallest absolute Gasteiger partial charge is 0.260 e. The number of hydrogen-bond acceptors (Lipinski definition) is 8. The lowest BCUT2D eigenvalue weighted by Gasteiger charge is -2.28. The second-order valence-electron chi connectivity index (χ2n) is 8.66. The van der Waals surface area contributed by atoms with E-state index in [4.69, 9.17) is 14.1 Å². The highest BCUT2D eigenvalue weighted by Gasteiger charge is 2.61. The Hall–Kier alpha value is -3.86. The molecule has 4 heterocycles. The lowest BCUT2D eigenvalue weighted by atomic mass is 10.1. The van der Waals surface area contributed by atoms with Crippen LogP contribution in [0.5, 0.6) is 0 Å². The fourth-order valence-electron chi connectivity index (χ4n) is 4.33. The maximum atomic E-state index is 13.3. The number of anilines is 3. The molecule has 0 spiro atoms. The molecular formula is C24H22F2N6O3. The van der Waals surface area contributed by atoms with E-state index in [0.29, 0.717) is 52.4 Å². The number of rotatable bonds is 5. The number of fused-ring (bicyclic) bond motifs is 2. The minimum atomic E-state index is -2.95. The SMILES string of the molecule is CNc1ncc(-c2nc3cc(N4CCOCC4)ccc3o2)c2cc(NC(=O)[C@H]3CC3(F)F)ncc12. The molecule has 1 atom stereocenters.